The molecule has 0 radical (unpaired) electrons. The fourth-order valence-electron chi connectivity index (χ4n) is 3.68. The number of carbonyl (C=O) groups excluding carboxylic acids is 2. The van der Waals surface area contributed by atoms with Crippen LogP contribution in [0.25, 0.3) is 0 Å². The van der Waals surface area contributed by atoms with Crippen LogP contribution in [-0.2, 0) is 11.3 Å². The standard InChI is InChI=1S/C22H23N3O3S/c1-2-28-21(26)16-6-8-18(9-7-16)23-22(27)25-13-4-12-24-11-3-5-19(24)20(25)17-10-14-29-15-17/h3,5-11,14-15,20H,2,4,12-13H2,1H3,(H,23,27). The molecule has 3 heterocycles. The Balaban J connectivity index is 1.56. The number of hydrogen-bond donors (Lipinski definition) is 1. The number of fused-ring (bicyclic) bond motifs is 1. The van der Waals surface area contributed by atoms with Crippen molar-refractivity contribution in [1.82, 2.24) is 9.47 Å². The maximum atomic E-state index is 13.2. The van der Waals surface area contributed by atoms with Crippen molar-refractivity contribution in [3.63, 3.8) is 0 Å². The molecule has 0 spiro atoms. The molecular formula is C22H23N3O3S. The first kappa shape index (κ1) is 19.3. The van der Waals surface area contributed by atoms with Crippen molar-refractivity contribution in [3.8, 4) is 0 Å². The van der Waals surface area contributed by atoms with Crippen molar-refractivity contribution in [2.45, 2.75) is 25.9 Å². The van der Waals surface area contributed by atoms with E-state index in [0.29, 0.717) is 24.4 Å². The molecule has 1 aliphatic rings. The van der Waals surface area contributed by atoms with E-state index in [2.05, 4.69) is 33.6 Å². The number of rotatable bonds is 4. The number of aryl methyl sites for hydroxylation is 1. The highest BCUT2D eigenvalue weighted by molar-refractivity contribution is 7.08. The first-order chi connectivity index (χ1) is 14.2. The van der Waals surface area contributed by atoms with Gasteiger partial charge in [-0.3, -0.25) is 0 Å². The molecule has 3 aromatic rings. The number of nitrogens with one attached hydrogen (secondary N) is 1. The number of anilines is 1. The molecule has 4 rings (SSSR count). The number of amides is 2. The van der Waals surface area contributed by atoms with E-state index in [-0.39, 0.29) is 18.0 Å². The molecule has 7 heteroatoms. The van der Waals surface area contributed by atoms with Crippen LogP contribution in [0.1, 0.15) is 41.0 Å². The van der Waals surface area contributed by atoms with Gasteiger partial charge in [-0.2, -0.15) is 11.3 Å². The van der Waals surface area contributed by atoms with E-state index in [1.165, 1.54) is 0 Å². The molecule has 0 bridgehead atoms. The molecule has 0 fully saturated rings. The number of aromatic nitrogens is 1. The van der Waals surface area contributed by atoms with Crippen LogP contribution >= 0.6 is 11.3 Å². The number of urea groups is 1. The molecule has 0 aliphatic carbocycles. The summed E-state index contributed by atoms with van der Waals surface area (Å²) in [4.78, 5) is 26.9. The largest absolute Gasteiger partial charge is 0.462 e. The second-order valence-corrected chi connectivity index (χ2v) is 7.64. The average molecular weight is 410 g/mol. The summed E-state index contributed by atoms with van der Waals surface area (Å²) in [5, 5.41) is 7.12. The minimum atomic E-state index is -0.365. The molecule has 0 saturated heterocycles. The minimum absolute atomic E-state index is 0.127. The van der Waals surface area contributed by atoms with Gasteiger partial charge in [0, 0.05) is 30.7 Å². The van der Waals surface area contributed by atoms with E-state index in [4.69, 9.17) is 4.74 Å². The molecule has 2 aromatic heterocycles. The van der Waals surface area contributed by atoms with Gasteiger partial charge in [0.25, 0.3) is 0 Å². The fourth-order valence-corrected chi connectivity index (χ4v) is 4.36. The fraction of sp³-hybridized carbons (Fsp3) is 0.273. The highest BCUT2D eigenvalue weighted by Gasteiger charge is 2.31. The SMILES string of the molecule is CCOC(=O)c1ccc(NC(=O)N2CCCn3cccc3C2c2ccsc2)cc1. The summed E-state index contributed by atoms with van der Waals surface area (Å²) < 4.78 is 7.23. The molecule has 1 aliphatic heterocycles. The predicted molar refractivity (Wildman–Crippen MR) is 113 cm³/mol. The summed E-state index contributed by atoms with van der Waals surface area (Å²) in [6.07, 6.45) is 2.96. The van der Waals surface area contributed by atoms with Crippen molar-refractivity contribution in [2.24, 2.45) is 0 Å². The Morgan fingerprint density at radius 3 is 2.72 bits per heavy atom. The molecule has 1 unspecified atom stereocenters. The van der Waals surface area contributed by atoms with E-state index in [0.717, 1.165) is 24.2 Å². The highest BCUT2D eigenvalue weighted by atomic mass is 32.1. The summed E-state index contributed by atoms with van der Waals surface area (Å²) in [6.45, 7) is 3.65. The monoisotopic (exact) mass is 409 g/mol. The van der Waals surface area contributed by atoms with Crippen LogP contribution in [0.3, 0.4) is 0 Å². The van der Waals surface area contributed by atoms with Gasteiger partial charge in [0.2, 0.25) is 0 Å². The quantitative estimate of drug-likeness (QED) is 0.632. The van der Waals surface area contributed by atoms with Crippen LogP contribution in [0.5, 0.6) is 0 Å². The number of thiophene rings is 1. The van der Waals surface area contributed by atoms with Crippen molar-refractivity contribution < 1.29 is 14.3 Å². The first-order valence-corrected chi connectivity index (χ1v) is 10.6. The van der Waals surface area contributed by atoms with Gasteiger partial charge < -0.3 is 19.5 Å². The van der Waals surface area contributed by atoms with Crippen molar-refractivity contribution in [2.75, 3.05) is 18.5 Å². The lowest BCUT2D eigenvalue weighted by molar-refractivity contribution is 0.0526. The third-order valence-corrected chi connectivity index (χ3v) is 5.72. The van der Waals surface area contributed by atoms with Crippen LogP contribution in [0.2, 0.25) is 0 Å². The van der Waals surface area contributed by atoms with E-state index >= 15 is 0 Å². The maximum absolute atomic E-state index is 13.2. The molecule has 1 N–H and O–H groups in total. The third-order valence-electron chi connectivity index (χ3n) is 5.02. The normalized spacial score (nSPS) is 16.0. The molecule has 1 atom stereocenters. The molecule has 150 valence electrons. The van der Waals surface area contributed by atoms with Gasteiger partial charge in [0.05, 0.1) is 18.2 Å². The van der Waals surface area contributed by atoms with Gasteiger partial charge in [0.15, 0.2) is 0 Å². The van der Waals surface area contributed by atoms with Crippen LogP contribution < -0.4 is 5.32 Å². The Bertz CT molecular complexity index is 979. The number of benzene rings is 1. The van der Waals surface area contributed by atoms with Gasteiger partial charge in [-0.25, -0.2) is 9.59 Å². The smallest absolute Gasteiger partial charge is 0.338 e. The Morgan fingerprint density at radius 2 is 2.00 bits per heavy atom. The summed E-state index contributed by atoms with van der Waals surface area (Å²) in [5.41, 5.74) is 3.35. The maximum Gasteiger partial charge on any atom is 0.338 e. The van der Waals surface area contributed by atoms with E-state index in [1.54, 1.807) is 42.5 Å². The molecule has 29 heavy (non-hydrogen) atoms. The summed E-state index contributed by atoms with van der Waals surface area (Å²) >= 11 is 1.63. The number of ether oxygens (including phenoxy) is 1. The Kier molecular flexibility index (Phi) is 5.67. The zero-order valence-electron chi connectivity index (χ0n) is 16.2. The number of carbonyl (C=O) groups is 2. The average Bonchev–Trinajstić information content (AvgIpc) is 3.38. The summed E-state index contributed by atoms with van der Waals surface area (Å²) in [6, 6.07) is 12.7. The Morgan fingerprint density at radius 1 is 1.17 bits per heavy atom. The van der Waals surface area contributed by atoms with Gasteiger partial charge in [-0.1, -0.05) is 0 Å². The van der Waals surface area contributed by atoms with Crippen LogP contribution in [0.15, 0.2) is 59.4 Å². The number of esters is 1. The lowest BCUT2D eigenvalue weighted by Crippen LogP contribution is -2.38. The molecule has 6 nitrogen and oxygen atoms in total. The predicted octanol–water partition coefficient (Wildman–Crippen LogP) is 4.75. The lowest BCUT2D eigenvalue weighted by Gasteiger charge is -2.30. The van der Waals surface area contributed by atoms with Crippen LogP contribution in [0.4, 0.5) is 10.5 Å². The highest BCUT2D eigenvalue weighted by Crippen LogP contribution is 2.33. The van der Waals surface area contributed by atoms with Gasteiger partial charge in [-0.05, 0) is 72.1 Å². The third kappa shape index (κ3) is 4.05. The molecule has 2 amide bonds. The summed E-state index contributed by atoms with van der Waals surface area (Å²) in [7, 11) is 0. The van der Waals surface area contributed by atoms with Crippen molar-refractivity contribution in [1.29, 1.82) is 0 Å². The lowest BCUT2D eigenvalue weighted by atomic mass is 10.1. The molecule has 1 aromatic carbocycles. The number of nitrogens with zero attached hydrogens (tertiary/aromatic N) is 2. The van der Waals surface area contributed by atoms with Crippen molar-refractivity contribution in [3.05, 3.63) is 76.2 Å². The molecule has 0 saturated carbocycles. The summed E-state index contributed by atoms with van der Waals surface area (Å²) in [5.74, 6) is -0.365. The van der Waals surface area contributed by atoms with Crippen LogP contribution in [0, 0.1) is 0 Å². The van der Waals surface area contributed by atoms with Gasteiger partial charge >= 0.3 is 12.0 Å². The van der Waals surface area contributed by atoms with E-state index < -0.39 is 0 Å². The Labute approximate surface area is 173 Å². The first-order valence-electron chi connectivity index (χ1n) is 9.69. The second kappa shape index (κ2) is 8.53. The second-order valence-electron chi connectivity index (χ2n) is 6.86. The van der Waals surface area contributed by atoms with Crippen molar-refractivity contribution >= 4 is 29.0 Å². The molecular weight excluding hydrogens is 386 g/mol. The van der Waals surface area contributed by atoms with E-state index in [9.17, 15) is 9.59 Å². The zero-order valence-corrected chi connectivity index (χ0v) is 17.0. The van der Waals surface area contributed by atoms with Gasteiger partial charge in [0.1, 0.15) is 0 Å². The van der Waals surface area contributed by atoms with E-state index in [1.807, 2.05) is 16.3 Å². The zero-order chi connectivity index (χ0) is 20.2. The minimum Gasteiger partial charge on any atom is -0.462 e. The topological polar surface area (TPSA) is 63.6 Å². The van der Waals surface area contributed by atoms with Gasteiger partial charge in [-0.15, -0.1) is 0 Å². The number of hydrogen-bond acceptors (Lipinski definition) is 4. The Hall–Kier alpha value is -3.06. The van der Waals surface area contributed by atoms with Crippen LogP contribution in [-0.4, -0.2) is 34.6 Å².